The Morgan fingerprint density at radius 2 is 1.90 bits per heavy atom. The highest BCUT2D eigenvalue weighted by atomic mass is 15.4. The Morgan fingerprint density at radius 3 is 2.65 bits per heavy atom. The zero-order valence-electron chi connectivity index (χ0n) is 12.8. The molecule has 108 valence electrons. The SMILES string of the molecule is CC=C(c1ccccc1)C(C)N1CCCN2CCCC21. The van der Waals surface area contributed by atoms with Crippen LogP contribution < -0.4 is 0 Å². The van der Waals surface area contributed by atoms with Crippen molar-refractivity contribution >= 4 is 5.57 Å². The van der Waals surface area contributed by atoms with Gasteiger partial charge in [0.05, 0.1) is 6.17 Å². The molecule has 0 saturated carbocycles. The van der Waals surface area contributed by atoms with E-state index in [0.29, 0.717) is 12.2 Å². The summed E-state index contributed by atoms with van der Waals surface area (Å²) in [6.45, 7) is 8.39. The maximum absolute atomic E-state index is 2.72. The van der Waals surface area contributed by atoms with Crippen LogP contribution in [0.4, 0.5) is 0 Å². The molecule has 0 bridgehead atoms. The molecule has 0 aliphatic carbocycles. The second-order valence-corrected chi connectivity index (χ2v) is 6.04. The highest BCUT2D eigenvalue weighted by molar-refractivity contribution is 5.69. The van der Waals surface area contributed by atoms with E-state index in [4.69, 9.17) is 0 Å². The second-order valence-electron chi connectivity index (χ2n) is 6.04. The molecule has 2 atom stereocenters. The molecule has 2 saturated heterocycles. The van der Waals surface area contributed by atoms with Crippen molar-refractivity contribution in [2.24, 2.45) is 0 Å². The van der Waals surface area contributed by atoms with Gasteiger partial charge in [0, 0.05) is 19.1 Å². The van der Waals surface area contributed by atoms with Gasteiger partial charge in [-0.15, -0.1) is 0 Å². The number of fused-ring (bicyclic) bond motifs is 1. The number of allylic oxidation sites excluding steroid dienone is 1. The van der Waals surface area contributed by atoms with Crippen LogP contribution in [0.5, 0.6) is 0 Å². The summed E-state index contributed by atoms with van der Waals surface area (Å²) in [6.07, 6.45) is 7.00. The third kappa shape index (κ3) is 2.55. The molecule has 2 fully saturated rings. The summed E-state index contributed by atoms with van der Waals surface area (Å²) in [4.78, 5) is 5.40. The minimum atomic E-state index is 0.508. The molecule has 2 nitrogen and oxygen atoms in total. The predicted molar refractivity (Wildman–Crippen MR) is 85.5 cm³/mol. The molecule has 1 aromatic rings. The molecule has 0 radical (unpaired) electrons. The van der Waals surface area contributed by atoms with Gasteiger partial charge in [0.2, 0.25) is 0 Å². The smallest absolute Gasteiger partial charge is 0.0628 e. The lowest BCUT2D eigenvalue weighted by Crippen LogP contribution is -2.53. The van der Waals surface area contributed by atoms with Crippen LogP contribution in [0.3, 0.4) is 0 Å². The van der Waals surface area contributed by atoms with Gasteiger partial charge in [-0.05, 0) is 50.8 Å². The first-order valence-electron chi connectivity index (χ1n) is 8.02. The van der Waals surface area contributed by atoms with Crippen molar-refractivity contribution in [1.29, 1.82) is 0 Å². The number of rotatable bonds is 3. The van der Waals surface area contributed by atoms with E-state index in [1.54, 1.807) is 0 Å². The molecule has 0 amide bonds. The minimum Gasteiger partial charge on any atom is -0.288 e. The van der Waals surface area contributed by atoms with E-state index >= 15 is 0 Å². The summed E-state index contributed by atoms with van der Waals surface area (Å²) in [5.74, 6) is 0. The van der Waals surface area contributed by atoms with Crippen LogP contribution in [0.25, 0.3) is 5.57 Å². The first-order chi connectivity index (χ1) is 9.81. The normalized spacial score (nSPS) is 26.5. The Kier molecular flexibility index (Phi) is 4.23. The average molecular weight is 270 g/mol. The van der Waals surface area contributed by atoms with Gasteiger partial charge in [-0.25, -0.2) is 0 Å². The van der Waals surface area contributed by atoms with Crippen LogP contribution in [-0.4, -0.2) is 41.6 Å². The van der Waals surface area contributed by atoms with Crippen molar-refractivity contribution in [3.63, 3.8) is 0 Å². The minimum absolute atomic E-state index is 0.508. The lowest BCUT2D eigenvalue weighted by Gasteiger charge is -2.44. The molecule has 0 aromatic heterocycles. The van der Waals surface area contributed by atoms with Crippen LogP contribution in [0.15, 0.2) is 36.4 Å². The Labute approximate surface area is 123 Å². The van der Waals surface area contributed by atoms with Crippen molar-refractivity contribution < 1.29 is 0 Å². The highest BCUT2D eigenvalue weighted by Crippen LogP contribution is 2.31. The molecule has 3 rings (SSSR count). The van der Waals surface area contributed by atoms with Crippen LogP contribution in [-0.2, 0) is 0 Å². The van der Waals surface area contributed by atoms with E-state index < -0.39 is 0 Å². The Morgan fingerprint density at radius 1 is 1.15 bits per heavy atom. The van der Waals surface area contributed by atoms with Gasteiger partial charge in [-0.2, -0.15) is 0 Å². The molecule has 2 unspecified atom stereocenters. The standard InChI is InChI=1S/C18H26N2/c1-3-17(16-9-5-4-6-10-16)15(2)20-14-8-13-19-12-7-11-18(19)20/h3-6,9-10,15,18H,7-8,11-14H2,1-2H3. The van der Waals surface area contributed by atoms with E-state index in [-0.39, 0.29) is 0 Å². The van der Waals surface area contributed by atoms with Crippen LogP contribution in [0.1, 0.15) is 38.7 Å². The molecule has 20 heavy (non-hydrogen) atoms. The van der Waals surface area contributed by atoms with Crippen molar-refractivity contribution in [2.75, 3.05) is 19.6 Å². The molecule has 2 heteroatoms. The van der Waals surface area contributed by atoms with E-state index in [2.05, 4.69) is 60.1 Å². The molecule has 1 aromatic carbocycles. The van der Waals surface area contributed by atoms with Crippen molar-refractivity contribution in [1.82, 2.24) is 9.80 Å². The number of nitrogens with zero attached hydrogens (tertiary/aromatic N) is 2. The van der Waals surface area contributed by atoms with Crippen LogP contribution >= 0.6 is 0 Å². The summed E-state index contributed by atoms with van der Waals surface area (Å²) in [6, 6.07) is 11.4. The fourth-order valence-corrected chi connectivity index (χ4v) is 3.96. The second kappa shape index (κ2) is 6.11. The Balaban J connectivity index is 1.81. The van der Waals surface area contributed by atoms with E-state index in [0.717, 1.165) is 0 Å². The first-order valence-corrected chi connectivity index (χ1v) is 8.02. The van der Waals surface area contributed by atoms with Gasteiger partial charge < -0.3 is 0 Å². The Bertz CT molecular complexity index is 466. The van der Waals surface area contributed by atoms with Gasteiger partial charge in [0.1, 0.15) is 0 Å². The molecule has 0 spiro atoms. The van der Waals surface area contributed by atoms with Gasteiger partial charge in [0.15, 0.2) is 0 Å². The lowest BCUT2D eigenvalue weighted by molar-refractivity contribution is 0.0226. The van der Waals surface area contributed by atoms with Gasteiger partial charge in [-0.1, -0.05) is 36.4 Å². The molecule has 2 aliphatic heterocycles. The van der Waals surface area contributed by atoms with Gasteiger partial charge in [-0.3, -0.25) is 9.80 Å². The highest BCUT2D eigenvalue weighted by Gasteiger charge is 2.35. The average Bonchev–Trinajstić information content (AvgIpc) is 2.97. The van der Waals surface area contributed by atoms with Crippen molar-refractivity contribution in [3.05, 3.63) is 42.0 Å². The van der Waals surface area contributed by atoms with Crippen molar-refractivity contribution in [2.45, 2.75) is 45.3 Å². The largest absolute Gasteiger partial charge is 0.288 e. The summed E-state index contributed by atoms with van der Waals surface area (Å²) in [5.41, 5.74) is 2.84. The fourth-order valence-electron chi connectivity index (χ4n) is 3.96. The monoisotopic (exact) mass is 270 g/mol. The third-order valence-corrected chi connectivity index (χ3v) is 4.94. The summed E-state index contributed by atoms with van der Waals surface area (Å²) in [5, 5.41) is 0. The molecule has 2 aliphatic rings. The fraction of sp³-hybridized carbons (Fsp3) is 0.556. The van der Waals surface area contributed by atoms with Crippen LogP contribution in [0.2, 0.25) is 0 Å². The van der Waals surface area contributed by atoms with Gasteiger partial charge >= 0.3 is 0 Å². The third-order valence-electron chi connectivity index (χ3n) is 4.94. The zero-order chi connectivity index (χ0) is 13.9. The number of hydrogen-bond donors (Lipinski definition) is 0. The van der Waals surface area contributed by atoms with Gasteiger partial charge in [0.25, 0.3) is 0 Å². The van der Waals surface area contributed by atoms with Crippen molar-refractivity contribution in [3.8, 4) is 0 Å². The van der Waals surface area contributed by atoms with E-state index in [9.17, 15) is 0 Å². The zero-order valence-corrected chi connectivity index (χ0v) is 12.8. The predicted octanol–water partition coefficient (Wildman–Crippen LogP) is 3.61. The molecule has 0 N–H and O–H groups in total. The summed E-state index contributed by atoms with van der Waals surface area (Å²) in [7, 11) is 0. The topological polar surface area (TPSA) is 6.48 Å². The first kappa shape index (κ1) is 13.8. The summed E-state index contributed by atoms with van der Waals surface area (Å²) >= 11 is 0. The van der Waals surface area contributed by atoms with Crippen LogP contribution in [0, 0.1) is 0 Å². The van der Waals surface area contributed by atoms with E-state index in [1.807, 2.05) is 0 Å². The quantitative estimate of drug-likeness (QED) is 0.828. The number of benzene rings is 1. The molecular weight excluding hydrogens is 244 g/mol. The summed E-state index contributed by atoms with van der Waals surface area (Å²) < 4.78 is 0. The number of hydrogen-bond acceptors (Lipinski definition) is 2. The van der Waals surface area contributed by atoms with E-state index in [1.165, 1.54) is 50.0 Å². The molecular formula is C18H26N2. The molecule has 2 heterocycles. The lowest BCUT2D eigenvalue weighted by atomic mass is 9.96. The maximum Gasteiger partial charge on any atom is 0.0628 e. The Hall–Kier alpha value is -1.12. The maximum atomic E-state index is 2.72.